The fourth-order valence-corrected chi connectivity index (χ4v) is 2.30. The second-order valence-electron chi connectivity index (χ2n) is 4.17. The molecular weight excluding hydrogens is 224 g/mol. The van der Waals surface area contributed by atoms with E-state index in [0.717, 1.165) is 12.0 Å². The van der Waals surface area contributed by atoms with Gasteiger partial charge in [0.15, 0.2) is 0 Å². The van der Waals surface area contributed by atoms with Gasteiger partial charge in [0.05, 0.1) is 0 Å². The normalized spacial score (nSPS) is 26.0. The van der Waals surface area contributed by atoms with Crippen LogP contribution in [0.15, 0.2) is 24.3 Å². The third kappa shape index (κ3) is 2.54. The largest absolute Gasteiger partial charge is 0.356 e. The average Bonchev–Trinajstić information content (AvgIpc) is 2.41. The summed E-state index contributed by atoms with van der Waals surface area (Å²) in [5.41, 5.74) is 7.14. The van der Waals surface area contributed by atoms with Gasteiger partial charge in [-0.05, 0) is 24.1 Å². The van der Waals surface area contributed by atoms with Crippen LogP contribution in [-0.4, -0.2) is 18.5 Å². The van der Waals surface area contributed by atoms with E-state index in [0.29, 0.717) is 18.0 Å². The molecule has 0 radical (unpaired) electrons. The number of carbonyl (C=O) groups is 1. The Balaban J connectivity index is 2.26. The molecule has 4 heteroatoms. The summed E-state index contributed by atoms with van der Waals surface area (Å²) in [7, 11) is 0. The van der Waals surface area contributed by atoms with Crippen LogP contribution in [-0.2, 0) is 4.79 Å². The number of nitrogens with one attached hydrogen (secondary N) is 1. The summed E-state index contributed by atoms with van der Waals surface area (Å²) in [6.07, 6.45) is 1.25. The van der Waals surface area contributed by atoms with Crippen LogP contribution in [0.2, 0.25) is 5.02 Å². The SMILES string of the molecule is NC1CCNC(=O)C[C@H]1c1cccc(Cl)c1. The molecule has 1 amide bonds. The average molecular weight is 239 g/mol. The summed E-state index contributed by atoms with van der Waals surface area (Å²) < 4.78 is 0. The Morgan fingerprint density at radius 1 is 1.44 bits per heavy atom. The minimum absolute atomic E-state index is 0.0115. The number of amides is 1. The molecule has 0 spiro atoms. The van der Waals surface area contributed by atoms with Gasteiger partial charge in [-0.3, -0.25) is 4.79 Å². The summed E-state index contributed by atoms with van der Waals surface area (Å²) in [6.45, 7) is 0.664. The van der Waals surface area contributed by atoms with E-state index in [1.54, 1.807) is 0 Å². The Labute approximate surface area is 100.0 Å². The summed E-state index contributed by atoms with van der Waals surface area (Å²) in [4.78, 5) is 11.5. The molecule has 1 aliphatic rings. The molecule has 2 rings (SSSR count). The molecule has 0 saturated carbocycles. The lowest BCUT2D eigenvalue weighted by Crippen LogP contribution is -2.28. The van der Waals surface area contributed by atoms with Crippen molar-refractivity contribution in [3.63, 3.8) is 0 Å². The van der Waals surface area contributed by atoms with Crippen LogP contribution in [0, 0.1) is 0 Å². The zero-order chi connectivity index (χ0) is 11.5. The van der Waals surface area contributed by atoms with Crippen LogP contribution >= 0.6 is 11.6 Å². The summed E-state index contributed by atoms with van der Waals surface area (Å²) >= 11 is 5.95. The number of nitrogens with two attached hydrogens (primary N) is 1. The molecule has 16 heavy (non-hydrogen) atoms. The van der Waals surface area contributed by atoms with E-state index < -0.39 is 0 Å². The molecule has 1 aromatic carbocycles. The van der Waals surface area contributed by atoms with Crippen molar-refractivity contribution in [2.45, 2.75) is 24.8 Å². The Bertz CT molecular complexity index is 394. The molecule has 3 N–H and O–H groups in total. The standard InChI is InChI=1S/C12H15ClN2O/c13-9-3-1-2-8(6-9)10-7-12(16)15-5-4-11(10)14/h1-3,6,10-11H,4-5,7,14H2,(H,15,16)/t10-,11?/m0/s1. The van der Waals surface area contributed by atoms with E-state index >= 15 is 0 Å². The quantitative estimate of drug-likeness (QED) is 0.782. The van der Waals surface area contributed by atoms with Gasteiger partial charge in [-0.25, -0.2) is 0 Å². The lowest BCUT2D eigenvalue weighted by atomic mass is 9.88. The van der Waals surface area contributed by atoms with Crippen molar-refractivity contribution in [1.29, 1.82) is 0 Å². The molecule has 3 nitrogen and oxygen atoms in total. The van der Waals surface area contributed by atoms with Gasteiger partial charge in [-0.1, -0.05) is 23.7 Å². The summed E-state index contributed by atoms with van der Waals surface area (Å²) in [6, 6.07) is 7.61. The Hall–Kier alpha value is -1.06. The lowest BCUT2D eigenvalue weighted by Gasteiger charge is -2.20. The monoisotopic (exact) mass is 238 g/mol. The molecule has 0 bridgehead atoms. The Kier molecular flexibility index (Phi) is 3.46. The maximum atomic E-state index is 11.5. The van der Waals surface area contributed by atoms with Gasteiger partial charge < -0.3 is 11.1 Å². The maximum Gasteiger partial charge on any atom is 0.220 e. The summed E-state index contributed by atoms with van der Waals surface area (Å²) in [5, 5.41) is 3.53. The van der Waals surface area contributed by atoms with Crippen LogP contribution in [0.25, 0.3) is 0 Å². The van der Waals surface area contributed by atoms with E-state index in [9.17, 15) is 4.79 Å². The highest BCUT2D eigenvalue weighted by atomic mass is 35.5. The summed E-state index contributed by atoms with van der Waals surface area (Å²) in [5.74, 6) is 0.138. The first kappa shape index (κ1) is 11.4. The highest BCUT2D eigenvalue weighted by molar-refractivity contribution is 6.30. The highest BCUT2D eigenvalue weighted by Crippen LogP contribution is 2.27. The van der Waals surface area contributed by atoms with Crippen molar-refractivity contribution in [2.24, 2.45) is 5.73 Å². The minimum atomic E-state index is 0.0115. The van der Waals surface area contributed by atoms with Crippen LogP contribution in [0.1, 0.15) is 24.3 Å². The molecule has 86 valence electrons. The maximum absolute atomic E-state index is 11.5. The zero-order valence-corrected chi connectivity index (χ0v) is 9.70. The Morgan fingerprint density at radius 3 is 3.00 bits per heavy atom. The van der Waals surface area contributed by atoms with Crippen molar-refractivity contribution in [1.82, 2.24) is 5.32 Å². The Morgan fingerprint density at radius 2 is 2.25 bits per heavy atom. The molecule has 1 saturated heterocycles. The fraction of sp³-hybridized carbons (Fsp3) is 0.417. The van der Waals surface area contributed by atoms with Gasteiger partial charge in [0.25, 0.3) is 0 Å². The van der Waals surface area contributed by atoms with Crippen molar-refractivity contribution < 1.29 is 4.79 Å². The van der Waals surface area contributed by atoms with Crippen LogP contribution in [0.3, 0.4) is 0 Å². The predicted molar refractivity (Wildman–Crippen MR) is 64.4 cm³/mol. The molecule has 2 atom stereocenters. The topological polar surface area (TPSA) is 55.1 Å². The fourth-order valence-electron chi connectivity index (χ4n) is 2.10. The second-order valence-corrected chi connectivity index (χ2v) is 4.60. The van der Waals surface area contributed by atoms with Crippen LogP contribution in [0.5, 0.6) is 0 Å². The van der Waals surface area contributed by atoms with Crippen molar-refractivity contribution in [3.8, 4) is 0 Å². The highest BCUT2D eigenvalue weighted by Gasteiger charge is 2.25. The lowest BCUT2D eigenvalue weighted by molar-refractivity contribution is -0.121. The molecular formula is C12H15ClN2O. The third-order valence-corrected chi connectivity index (χ3v) is 3.23. The van der Waals surface area contributed by atoms with Gasteiger partial charge in [-0.2, -0.15) is 0 Å². The van der Waals surface area contributed by atoms with Gasteiger partial charge in [0.2, 0.25) is 5.91 Å². The molecule has 1 unspecified atom stereocenters. The first-order valence-corrected chi connectivity index (χ1v) is 5.82. The number of hydrogen-bond acceptors (Lipinski definition) is 2. The zero-order valence-electron chi connectivity index (χ0n) is 8.95. The molecule has 0 aliphatic carbocycles. The predicted octanol–water partition coefficient (Wildman–Crippen LogP) is 1.66. The van der Waals surface area contributed by atoms with Gasteiger partial charge in [-0.15, -0.1) is 0 Å². The number of rotatable bonds is 1. The van der Waals surface area contributed by atoms with Crippen LogP contribution in [0.4, 0.5) is 0 Å². The van der Waals surface area contributed by atoms with E-state index in [1.807, 2.05) is 24.3 Å². The molecule has 1 heterocycles. The van der Waals surface area contributed by atoms with E-state index in [-0.39, 0.29) is 17.9 Å². The second kappa shape index (κ2) is 4.85. The first-order valence-electron chi connectivity index (χ1n) is 5.44. The van der Waals surface area contributed by atoms with Gasteiger partial charge in [0.1, 0.15) is 0 Å². The van der Waals surface area contributed by atoms with Crippen molar-refractivity contribution >= 4 is 17.5 Å². The number of halogens is 1. The molecule has 0 aromatic heterocycles. The van der Waals surface area contributed by atoms with Crippen LogP contribution < -0.4 is 11.1 Å². The smallest absolute Gasteiger partial charge is 0.220 e. The number of carbonyl (C=O) groups excluding carboxylic acids is 1. The van der Waals surface area contributed by atoms with Gasteiger partial charge in [0, 0.05) is 29.9 Å². The van der Waals surface area contributed by atoms with Crippen molar-refractivity contribution in [3.05, 3.63) is 34.9 Å². The van der Waals surface area contributed by atoms with E-state index in [1.165, 1.54) is 0 Å². The van der Waals surface area contributed by atoms with Crippen molar-refractivity contribution in [2.75, 3.05) is 6.54 Å². The number of benzene rings is 1. The number of hydrogen-bond donors (Lipinski definition) is 2. The third-order valence-electron chi connectivity index (χ3n) is 3.00. The van der Waals surface area contributed by atoms with E-state index in [2.05, 4.69) is 5.32 Å². The molecule has 1 aliphatic heterocycles. The molecule has 1 aromatic rings. The van der Waals surface area contributed by atoms with E-state index in [4.69, 9.17) is 17.3 Å². The first-order chi connectivity index (χ1) is 7.66. The van der Waals surface area contributed by atoms with Gasteiger partial charge >= 0.3 is 0 Å². The minimum Gasteiger partial charge on any atom is -0.356 e. The molecule has 1 fully saturated rings.